The quantitative estimate of drug-likeness (QED) is 0.226. The molecule has 1 aliphatic rings. The van der Waals surface area contributed by atoms with E-state index < -0.39 is 32.0 Å². The average Bonchev–Trinajstić information content (AvgIpc) is 3.39. The molecule has 0 spiro atoms. The van der Waals surface area contributed by atoms with Crippen LogP contribution in [0.4, 0.5) is 10.2 Å². The summed E-state index contributed by atoms with van der Waals surface area (Å²) in [5.74, 6) is -0.841. The van der Waals surface area contributed by atoms with Gasteiger partial charge in [-0.1, -0.05) is 25.7 Å². The maximum Gasteiger partial charge on any atom is 0.232 e. The van der Waals surface area contributed by atoms with E-state index in [1.807, 2.05) is 35.0 Å². The topological polar surface area (TPSA) is 91.7 Å². The van der Waals surface area contributed by atoms with Crippen molar-refractivity contribution in [3.63, 3.8) is 0 Å². The molecule has 1 fully saturated rings. The third-order valence-corrected chi connectivity index (χ3v) is 8.05. The molecule has 1 amide bonds. The summed E-state index contributed by atoms with van der Waals surface area (Å²) in [6.07, 6.45) is 0.972. The molecule has 0 bridgehead atoms. The van der Waals surface area contributed by atoms with Gasteiger partial charge in [0.2, 0.25) is 5.91 Å². The van der Waals surface area contributed by atoms with Crippen molar-refractivity contribution in [2.45, 2.75) is 38.6 Å². The van der Waals surface area contributed by atoms with Gasteiger partial charge < -0.3 is 28.9 Å². The van der Waals surface area contributed by atoms with Gasteiger partial charge in [0.1, 0.15) is 42.2 Å². The number of aldehydes is 1. The van der Waals surface area contributed by atoms with Crippen LogP contribution >= 0.6 is 0 Å². The van der Waals surface area contributed by atoms with E-state index in [1.165, 1.54) is 0 Å². The van der Waals surface area contributed by atoms with E-state index in [2.05, 4.69) is 29.9 Å². The van der Waals surface area contributed by atoms with Crippen molar-refractivity contribution in [3.8, 4) is 22.6 Å². The zero-order valence-corrected chi connectivity index (χ0v) is 22.2. The summed E-state index contributed by atoms with van der Waals surface area (Å²) in [5, 5.41) is 3.46. The van der Waals surface area contributed by atoms with Crippen molar-refractivity contribution in [2.24, 2.45) is 11.8 Å². The lowest BCUT2D eigenvalue weighted by atomic mass is 10.0. The molecule has 1 aromatic carbocycles. The predicted molar refractivity (Wildman–Crippen MR) is 139 cm³/mol. The second-order valence-corrected chi connectivity index (χ2v) is 15.8. The maximum absolute atomic E-state index is 13.7. The van der Waals surface area contributed by atoms with Crippen LogP contribution in [0.3, 0.4) is 0 Å². The minimum atomic E-state index is -1.44. The lowest BCUT2D eigenvalue weighted by Gasteiger charge is -2.15. The van der Waals surface area contributed by atoms with E-state index in [4.69, 9.17) is 14.2 Å². The molecule has 8 nitrogen and oxygen atoms in total. The third kappa shape index (κ3) is 5.29. The number of hydrogen-bond donors (Lipinski definition) is 1. The van der Waals surface area contributed by atoms with E-state index in [-0.39, 0.29) is 12.5 Å². The van der Waals surface area contributed by atoms with Crippen LogP contribution in [0.15, 0.2) is 36.5 Å². The summed E-state index contributed by atoms with van der Waals surface area (Å²) in [7, 11) is 1.95. The molecule has 1 N–H and O–H groups in total. The summed E-state index contributed by atoms with van der Waals surface area (Å²) in [5.41, 5.74) is 2.20. The third-order valence-electron chi connectivity index (χ3n) is 6.34. The van der Waals surface area contributed by atoms with Crippen molar-refractivity contribution in [3.05, 3.63) is 36.5 Å². The van der Waals surface area contributed by atoms with E-state index in [9.17, 15) is 14.0 Å². The zero-order valence-electron chi connectivity index (χ0n) is 21.2. The molecule has 36 heavy (non-hydrogen) atoms. The Hall–Kier alpha value is -3.24. The molecule has 0 saturated heterocycles. The second-order valence-electron chi connectivity index (χ2n) is 10.1. The minimum Gasteiger partial charge on any atom is -0.496 e. The van der Waals surface area contributed by atoms with E-state index in [1.54, 1.807) is 20.3 Å². The average molecular weight is 514 g/mol. The Morgan fingerprint density at radius 3 is 2.44 bits per heavy atom. The molecule has 3 atom stereocenters. The number of anilines is 1. The van der Waals surface area contributed by atoms with Crippen molar-refractivity contribution in [1.29, 1.82) is 0 Å². The van der Waals surface area contributed by atoms with E-state index in [0.29, 0.717) is 30.0 Å². The largest absolute Gasteiger partial charge is 0.496 e. The van der Waals surface area contributed by atoms with Gasteiger partial charge in [0, 0.05) is 31.8 Å². The molecular weight excluding hydrogens is 481 g/mol. The monoisotopic (exact) mass is 513 g/mol. The summed E-state index contributed by atoms with van der Waals surface area (Å²) in [4.78, 5) is 28.0. The number of nitrogens with one attached hydrogen (secondary N) is 1. The molecule has 10 heteroatoms. The fraction of sp³-hybridized carbons (Fsp3) is 0.423. The number of pyridine rings is 1. The highest BCUT2D eigenvalue weighted by Gasteiger charge is 2.56. The Morgan fingerprint density at radius 1 is 1.17 bits per heavy atom. The molecular formula is C26H32FN3O5Si. The first kappa shape index (κ1) is 25.8. The predicted octanol–water partition coefficient (Wildman–Crippen LogP) is 4.75. The number of alkyl halides is 1. The van der Waals surface area contributed by atoms with Crippen molar-refractivity contribution < 1.29 is 28.2 Å². The molecule has 4 rings (SSSR count). The van der Waals surface area contributed by atoms with Gasteiger partial charge in [-0.15, -0.1) is 0 Å². The zero-order chi connectivity index (χ0) is 26.0. The highest BCUT2D eigenvalue weighted by Crippen LogP contribution is 2.43. The summed E-state index contributed by atoms with van der Waals surface area (Å²) >= 11 is 0. The number of carbonyl (C=O) groups excluding carboxylic acids is 2. The van der Waals surface area contributed by atoms with Gasteiger partial charge in [-0.05, 0) is 30.3 Å². The highest BCUT2D eigenvalue weighted by atomic mass is 28.3. The molecule has 3 aromatic rings. The fourth-order valence-electron chi connectivity index (χ4n) is 4.17. The highest BCUT2D eigenvalue weighted by molar-refractivity contribution is 6.76. The number of nitrogens with zero attached hydrogens (tertiary/aromatic N) is 2. The normalized spacial score (nSPS) is 19.2. The summed E-state index contributed by atoms with van der Waals surface area (Å²) < 4.78 is 32.9. The number of aromatic nitrogens is 2. The summed E-state index contributed by atoms with van der Waals surface area (Å²) in [6, 6.07) is 10.1. The van der Waals surface area contributed by atoms with Crippen molar-refractivity contribution in [2.75, 3.05) is 26.1 Å². The Kier molecular flexibility index (Phi) is 7.46. The number of ether oxygens (including phenoxy) is 3. The van der Waals surface area contributed by atoms with Crippen LogP contribution < -0.4 is 14.8 Å². The SMILES string of the molecule is COc1cccc(OC)c1-c1cn(COCC[Si](C)(C)C)c2nc(NC(=O)C3C(C=O)[C@@H]3F)ccc12. The fourth-order valence-corrected chi connectivity index (χ4v) is 4.93. The number of halogens is 1. The van der Waals surface area contributed by atoms with Gasteiger partial charge in [0.05, 0.1) is 31.6 Å². The molecule has 2 heterocycles. The van der Waals surface area contributed by atoms with Crippen LogP contribution in [0.2, 0.25) is 25.7 Å². The maximum atomic E-state index is 13.7. The van der Waals surface area contributed by atoms with E-state index in [0.717, 1.165) is 22.6 Å². The smallest absolute Gasteiger partial charge is 0.232 e. The molecule has 192 valence electrons. The Bertz CT molecular complexity index is 1250. The Balaban J connectivity index is 1.71. The van der Waals surface area contributed by atoms with Gasteiger partial charge in [0.15, 0.2) is 0 Å². The first-order chi connectivity index (χ1) is 17.2. The lowest BCUT2D eigenvalue weighted by Crippen LogP contribution is -2.22. The number of carbonyl (C=O) groups is 2. The van der Waals surface area contributed by atoms with Gasteiger partial charge in [0.25, 0.3) is 0 Å². The molecule has 0 aliphatic heterocycles. The number of amides is 1. The van der Waals surface area contributed by atoms with Crippen LogP contribution in [0.1, 0.15) is 0 Å². The van der Waals surface area contributed by atoms with E-state index >= 15 is 0 Å². The van der Waals surface area contributed by atoms with Gasteiger partial charge in [-0.3, -0.25) is 4.79 Å². The van der Waals surface area contributed by atoms with Crippen LogP contribution in [0, 0.1) is 11.8 Å². The molecule has 2 aromatic heterocycles. The number of benzene rings is 1. The van der Waals surface area contributed by atoms with Crippen molar-refractivity contribution >= 4 is 37.1 Å². The van der Waals surface area contributed by atoms with Gasteiger partial charge in [-0.25, -0.2) is 9.37 Å². The van der Waals surface area contributed by atoms with Crippen molar-refractivity contribution in [1.82, 2.24) is 9.55 Å². The van der Waals surface area contributed by atoms with Gasteiger partial charge in [-0.2, -0.15) is 0 Å². The lowest BCUT2D eigenvalue weighted by molar-refractivity contribution is -0.119. The molecule has 1 saturated carbocycles. The Labute approximate surface area is 210 Å². The molecule has 0 radical (unpaired) electrons. The standard InChI is InChI=1S/C26H32FN3O5Si/c1-33-19-7-6-8-20(34-2)22(19)17-13-30(15-35-11-12-36(3,4)5)25-16(17)9-10-21(28-25)29-26(32)23-18(14-31)24(23)27/h6-10,13-14,18,23-24H,11-12,15H2,1-5H3,(H,28,29,32)/t18?,23?,24-/m0/s1. The molecule has 1 aliphatic carbocycles. The Morgan fingerprint density at radius 2 is 1.86 bits per heavy atom. The van der Waals surface area contributed by atoms with Crippen LogP contribution in [-0.2, 0) is 21.1 Å². The van der Waals surface area contributed by atoms with Crippen LogP contribution in [0.25, 0.3) is 22.2 Å². The number of fused-ring (bicyclic) bond motifs is 1. The summed E-state index contributed by atoms with van der Waals surface area (Å²) in [6.45, 7) is 7.78. The second kappa shape index (κ2) is 10.4. The number of hydrogen-bond acceptors (Lipinski definition) is 6. The number of methoxy groups -OCH3 is 2. The molecule has 2 unspecified atom stereocenters. The first-order valence-electron chi connectivity index (χ1n) is 11.9. The number of rotatable bonds is 11. The van der Waals surface area contributed by atoms with Crippen LogP contribution in [0.5, 0.6) is 11.5 Å². The van der Waals surface area contributed by atoms with Gasteiger partial charge >= 0.3 is 0 Å². The van der Waals surface area contributed by atoms with Crippen LogP contribution in [-0.4, -0.2) is 56.8 Å². The minimum absolute atomic E-state index is 0.269. The first-order valence-corrected chi connectivity index (χ1v) is 15.6.